The maximum atomic E-state index is 9.85. The maximum absolute atomic E-state index is 9.85. The summed E-state index contributed by atoms with van der Waals surface area (Å²) in [7, 11) is 0. The molecule has 3 rings (SSSR count). The van der Waals surface area contributed by atoms with E-state index >= 15 is 0 Å². The summed E-state index contributed by atoms with van der Waals surface area (Å²) < 4.78 is 11.8. The first kappa shape index (κ1) is 13.8. The van der Waals surface area contributed by atoms with Gasteiger partial charge in [-0.2, -0.15) is 0 Å². The average Bonchev–Trinajstić information content (AvgIpc) is 2.95. The molecule has 1 saturated heterocycles. The molecule has 1 aliphatic heterocycles. The summed E-state index contributed by atoms with van der Waals surface area (Å²) in [6, 6.07) is 5.67. The van der Waals surface area contributed by atoms with E-state index < -0.39 is 24.6 Å². The monoisotopic (exact) mass is 343 g/mol. The molecule has 7 heteroatoms. The number of H-pyrrole nitrogens is 1. The number of aliphatic hydroxyl groups is 3. The van der Waals surface area contributed by atoms with E-state index in [1.807, 2.05) is 18.2 Å². The molecule has 0 spiro atoms. The molecule has 108 valence electrons. The van der Waals surface area contributed by atoms with Crippen LogP contribution in [0.3, 0.4) is 0 Å². The molecule has 4 N–H and O–H groups in total. The third-order valence-corrected chi connectivity index (χ3v) is 3.84. The zero-order valence-corrected chi connectivity index (χ0v) is 11.9. The molecule has 1 aromatic carbocycles. The summed E-state index contributed by atoms with van der Waals surface area (Å²) in [5.41, 5.74) is 0.884. The molecule has 0 radical (unpaired) electrons. The largest absolute Gasteiger partial charge is 0.460 e. The first-order chi connectivity index (χ1) is 9.60. The number of ether oxygens (including phenoxy) is 2. The van der Waals surface area contributed by atoms with Gasteiger partial charge in [0.15, 0.2) is 0 Å². The number of halogens is 1. The summed E-state index contributed by atoms with van der Waals surface area (Å²) in [5.74, 6) is 0.510. The fourth-order valence-electron chi connectivity index (χ4n) is 2.25. The summed E-state index contributed by atoms with van der Waals surface area (Å²) in [5, 5.41) is 29.4. The van der Waals surface area contributed by atoms with Crippen molar-refractivity contribution in [2.75, 3.05) is 6.61 Å². The van der Waals surface area contributed by atoms with Gasteiger partial charge in [-0.1, -0.05) is 15.9 Å². The number of rotatable bonds is 3. The Morgan fingerprint density at radius 1 is 1.30 bits per heavy atom. The Balaban J connectivity index is 1.85. The van der Waals surface area contributed by atoms with Crippen molar-refractivity contribution in [3.63, 3.8) is 0 Å². The van der Waals surface area contributed by atoms with Crippen LogP contribution in [0.5, 0.6) is 5.75 Å². The highest BCUT2D eigenvalue weighted by molar-refractivity contribution is 9.10. The fourth-order valence-corrected chi connectivity index (χ4v) is 2.61. The number of aliphatic hydroxyl groups excluding tert-OH is 3. The molecule has 1 aromatic heterocycles. The van der Waals surface area contributed by atoms with Crippen molar-refractivity contribution >= 4 is 26.8 Å². The Morgan fingerprint density at radius 3 is 2.80 bits per heavy atom. The van der Waals surface area contributed by atoms with E-state index in [0.29, 0.717) is 5.75 Å². The maximum Gasteiger partial charge on any atom is 0.229 e. The van der Waals surface area contributed by atoms with Crippen LogP contribution in [0.2, 0.25) is 0 Å². The average molecular weight is 344 g/mol. The molecule has 1 aliphatic rings. The minimum atomic E-state index is -1.20. The van der Waals surface area contributed by atoms with Crippen LogP contribution in [-0.4, -0.2) is 51.5 Å². The molecule has 2 heterocycles. The van der Waals surface area contributed by atoms with E-state index in [0.717, 1.165) is 15.4 Å². The lowest BCUT2D eigenvalue weighted by molar-refractivity contribution is -0.115. The third kappa shape index (κ3) is 2.32. The predicted octanol–water partition coefficient (Wildman–Crippen LogP) is 0.748. The summed E-state index contributed by atoms with van der Waals surface area (Å²) >= 11 is 3.38. The molecule has 4 atom stereocenters. The van der Waals surface area contributed by atoms with E-state index in [-0.39, 0.29) is 6.61 Å². The number of hydrogen-bond donors (Lipinski definition) is 4. The standard InChI is InChI=1S/C13H14BrNO5/c14-6-1-2-8-7(3-6)9(4-15-8)19-13-12(18)11(17)10(5-16)20-13/h1-4,10-13,15-18H,5H2/t10-,11-,12?,13-/m1/s1. The number of hydrogen-bond acceptors (Lipinski definition) is 5. The van der Waals surface area contributed by atoms with Crippen LogP contribution in [-0.2, 0) is 4.74 Å². The van der Waals surface area contributed by atoms with Gasteiger partial charge in [0.05, 0.1) is 6.61 Å². The molecule has 0 saturated carbocycles. The highest BCUT2D eigenvalue weighted by Gasteiger charge is 2.44. The molecule has 20 heavy (non-hydrogen) atoms. The minimum Gasteiger partial charge on any atom is -0.460 e. The Labute approximate surface area is 123 Å². The highest BCUT2D eigenvalue weighted by atomic mass is 79.9. The molecule has 2 aromatic rings. The molecule has 6 nitrogen and oxygen atoms in total. The van der Waals surface area contributed by atoms with Crippen molar-refractivity contribution < 1.29 is 24.8 Å². The fraction of sp³-hybridized carbons (Fsp3) is 0.385. The lowest BCUT2D eigenvalue weighted by Gasteiger charge is -2.16. The van der Waals surface area contributed by atoms with Crippen molar-refractivity contribution in [2.45, 2.75) is 24.6 Å². The second-order valence-electron chi connectivity index (χ2n) is 4.67. The van der Waals surface area contributed by atoms with Crippen LogP contribution >= 0.6 is 15.9 Å². The normalized spacial score (nSPS) is 30.0. The van der Waals surface area contributed by atoms with Crippen molar-refractivity contribution in [1.82, 2.24) is 4.98 Å². The van der Waals surface area contributed by atoms with Gasteiger partial charge < -0.3 is 29.8 Å². The third-order valence-electron chi connectivity index (χ3n) is 3.35. The molecular formula is C13H14BrNO5. The van der Waals surface area contributed by atoms with Crippen LogP contribution in [0, 0.1) is 0 Å². The Morgan fingerprint density at radius 2 is 2.10 bits per heavy atom. The van der Waals surface area contributed by atoms with Crippen molar-refractivity contribution in [2.24, 2.45) is 0 Å². The second kappa shape index (κ2) is 5.34. The van der Waals surface area contributed by atoms with Crippen molar-refractivity contribution in [1.29, 1.82) is 0 Å². The summed E-state index contributed by atoms with van der Waals surface area (Å²) in [6.45, 7) is -0.377. The minimum absolute atomic E-state index is 0.377. The van der Waals surface area contributed by atoms with Crippen LogP contribution in [0.25, 0.3) is 10.9 Å². The van der Waals surface area contributed by atoms with Gasteiger partial charge in [-0.15, -0.1) is 0 Å². The SMILES string of the molecule is OC[C@H]1O[C@@H](Oc2c[nH]c3ccc(Br)cc23)C(O)[C@@H]1O. The lowest BCUT2D eigenvalue weighted by atomic mass is 10.1. The van der Waals surface area contributed by atoms with E-state index in [9.17, 15) is 10.2 Å². The van der Waals surface area contributed by atoms with E-state index in [4.69, 9.17) is 14.6 Å². The number of nitrogens with one attached hydrogen (secondary N) is 1. The van der Waals surface area contributed by atoms with Gasteiger partial charge in [0.1, 0.15) is 24.1 Å². The molecule has 1 unspecified atom stereocenters. The molecule has 0 bridgehead atoms. The Bertz CT molecular complexity index is 616. The lowest BCUT2D eigenvalue weighted by Crippen LogP contribution is -2.35. The van der Waals surface area contributed by atoms with Gasteiger partial charge in [0, 0.05) is 21.6 Å². The number of aromatic nitrogens is 1. The van der Waals surface area contributed by atoms with Gasteiger partial charge >= 0.3 is 0 Å². The zero-order valence-electron chi connectivity index (χ0n) is 10.4. The van der Waals surface area contributed by atoms with Crippen LogP contribution < -0.4 is 4.74 Å². The number of fused-ring (bicyclic) bond motifs is 1. The van der Waals surface area contributed by atoms with Crippen LogP contribution in [0.15, 0.2) is 28.9 Å². The number of benzene rings is 1. The van der Waals surface area contributed by atoms with Gasteiger partial charge in [0.25, 0.3) is 0 Å². The molecule has 0 amide bonds. The van der Waals surface area contributed by atoms with Crippen molar-refractivity contribution in [3.8, 4) is 5.75 Å². The van der Waals surface area contributed by atoms with Crippen LogP contribution in [0.4, 0.5) is 0 Å². The number of aromatic amines is 1. The van der Waals surface area contributed by atoms with Gasteiger partial charge in [-0.05, 0) is 18.2 Å². The smallest absolute Gasteiger partial charge is 0.229 e. The van der Waals surface area contributed by atoms with Crippen LogP contribution in [0.1, 0.15) is 0 Å². The molecule has 1 fully saturated rings. The highest BCUT2D eigenvalue weighted by Crippen LogP contribution is 2.31. The van der Waals surface area contributed by atoms with E-state index in [1.165, 1.54) is 0 Å². The van der Waals surface area contributed by atoms with Gasteiger partial charge in [-0.25, -0.2) is 0 Å². The van der Waals surface area contributed by atoms with E-state index in [1.54, 1.807) is 6.20 Å². The molecular weight excluding hydrogens is 330 g/mol. The van der Waals surface area contributed by atoms with Gasteiger partial charge in [-0.3, -0.25) is 0 Å². The second-order valence-corrected chi connectivity index (χ2v) is 5.58. The van der Waals surface area contributed by atoms with E-state index in [2.05, 4.69) is 20.9 Å². The zero-order chi connectivity index (χ0) is 14.3. The Kier molecular flexibility index (Phi) is 3.70. The first-order valence-electron chi connectivity index (χ1n) is 6.16. The molecule has 0 aliphatic carbocycles. The first-order valence-corrected chi connectivity index (χ1v) is 6.95. The Hall–Kier alpha value is -1.12. The predicted molar refractivity (Wildman–Crippen MR) is 74.4 cm³/mol. The van der Waals surface area contributed by atoms with Gasteiger partial charge in [0.2, 0.25) is 6.29 Å². The summed E-state index contributed by atoms with van der Waals surface area (Å²) in [6.07, 6.45) is -2.57. The summed E-state index contributed by atoms with van der Waals surface area (Å²) in [4.78, 5) is 3.05. The van der Waals surface area contributed by atoms with Crippen molar-refractivity contribution in [3.05, 3.63) is 28.9 Å². The quantitative estimate of drug-likeness (QED) is 0.659. The topological polar surface area (TPSA) is 94.9 Å².